The maximum atomic E-state index is 5.80. The fraction of sp³-hybridized carbons (Fsp3) is 0.417. The maximum Gasteiger partial charge on any atom is 0.0911 e. The van der Waals surface area contributed by atoms with E-state index in [2.05, 4.69) is 32.4 Å². The summed E-state index contributed by atoms with van der Waals surface area (Å²) in [7, 11) is 0. The first kappa shape index (κ1) is 11.6. The van der Waals surface area contributed by atoms with Crippen LogP contribution >= 0.6 is 0 Å². The predicted molar refractivity (Wildman–Crippen MR) is 65.2 cm³/mol. The lowest BCUT2D eigenvalue weighted by Gasteiger charge is -2.22. The highest BCUT2D eigenvalue weighted by atomic mass is 15.3. The Bertz CT molecular complexity index is 391. The zero-order valence-electron chi connectivity index (χ0n) is 9.91. The molecule has 0 aliphatic rings. The topological polar surface area (TPSA) is 43.8 Å². The summed E-state index contributed by atoms with van der Waals surface area (Å²) in [6.45, 7) is 12.0. The van der Waals surface area contributed by atoms with Crippen molar-refractivity contribution in [3.8, 4) is 0 Å². The van der Waals surface area contributed by atoms with Crippen LogP contribution in [0.25, 0.3) is 11.8 Å². The minimum Gasteiger partial charge on any atom is -0.397 e. The lowest BCUT2D eigenvalue weighted by molar-refractivity contribution is 0.352. The summed E-state index contributed by atoms with van der Waals surface area (Å²) >= 11 is 0. The van der Waals surface area contributed by atoms with E-state index in [1.165, 1.54) is 0 Å². The molecular formula is C12H19N3. The molecule has 1 heterocycles. The summed E-state index contributed by atoms with van der Waals surface area (Å²) in [6, 6.07) is 0. The number of allylic oxidation sites excluding steroid dienone is 1. The summed E-state index contributed by atoms with van der Waals surface area (Å²) in [4.78, 5) is 0. The normalized spacial score (nSPS) is 12.3. The molecule has 0 bridgehead atoms. The van der Waals surface area contributed by atoms with Crippen LogP contribution in [0, 0.1) is 0 Å². The van der Waals surface area contributed by atoms with E-state index < -0.39 is 0 Å². The van der Waals surface area contributed by atoms with Crippen LogP contribution in [0.2, 0.25) is 0 Å². The largest absolute Gasteiger partial charge is 0.397 e. The molecule has 0 radical (unpaired) electrons. The molecule has 0 aliphatic heterocycles. The monoisotopic (exact) mass is 205 g/mol. The lowest BCUT2D eigenvalue weighted by atomic mass is 10.1. The van der Waals surface area contributed by atoms with E-state index >= 15 is 0 Å². The van der Waals surface area contributed by atoms with E-state index in [1.54, 1.807) is 0 Å². The van der Waals surface area contributed by atoms with Crippen LogP contribution in [0.5, 0.6) is 0 Å². The molecule has 15 heavy (non-hydrogen) atoms. The van der Waals surface area contributed by atoms with Gasteiger partial charge < -0.3 is 5.73 Å². The molecule has 0 saturated carbocycles. The van der Waals surface area contributed by atoms with Gasteiger partial charge in [-0.15, -0.1) is 0 Å². The number of hydrogen-bond donors (Lipinski definition) is 1. The highest BCUT2D eigenvalue weighted by molar-refractivity contribution is 5.68. The van der Waals surface area contributed by atoms with Crippen LogP contribution < -0.4 is 5.73 Å². The highest BCUT2D eigenvalue weighted by Gasteiger charge is 2.20. The third-order valence-corrected chi connectivity index (χ3v) is 2.08. The molecule has 0 saturated heterocycles. The second kappa shape index (κ2) is 3.93. The smallest absolute Gasteiger partial charge is 0.0911 e. The van der Waals surface area contributed by atoms with Crippen LogP contribution in [0.3, 0.4) is 0 Å². The minimum absolute atomic E-state index is 0.0858. The van der Waals surface area contributed by atoms with Crippen molar-refractivity contribution in [1.29, 1.82) is 0 Å². The van der Waals surface area contributed by atoms with E-state index in [9.17, 15) is 0 Å². The van der Waals surface area contributed by atoms with Crippen LogP contribution in [-0.2, 0) is 5.54 Å². The molecule has 0 spiro atoms. The van der Waals surface area contributed by atoms with E-state index in [0.717, 1.165) is 11.3 Å². The number of aromatic nitrogens is 2. The van der Waals surface area contributed by atoms with Gasteiger partial charge in [0.25, 0.3) is 0 Å². The molecule has 2 N–H and O–H groups in total. The first-order chi connectivity index (χ1) is 6.88. The van der Waals surface area contributed by atoms with Gasteiger partial charge in [0, 0.05) is 5.56 Å². The lowest BCUT2D eigenvalue weighted by Crippen LogP contribution is -2.26. The Morgan fingerprint density at radius 2 is 2.13 bits per heavy atom. The van der Waals surface area contributed by atoms with Crippen molar-refractivity contribution < 1.29 is 0 Å². The van der Waals surface area contributed by atoms with Gasteiger partial charge in [-0.1, -0.05) is 18.7 Å². The molecule has 82 valence electrons. The Morgan fingerprint density at radius 3 is 2.53 bits per heavy atom. The molecule has 1 aromatic heterocycles. The zero-order valence-corrected chi connectivity index (χ0v) is 9.91. The number of hydrogen-bond acceptors (Lipinski definition) is 2. The summed E-state index contributed by atoms with van der Waals surface area (Å²) in [5.41, 5.74) is 8.18. The van der Waals surface area contributed by atoms with Crippen molar-refractivity contribution in [3.63, 3.8) is 0 Å². The molecule has 3 heteroatoms. The predicted octanol–water partition coefficient (Wildman–Crippen LogP) is 2.60. The van der Waals surface area contributed by atoms with Crippen molar-refractivity contribution in [3.05, 3.63) is 30.1 Å². The Balaban J connectivity index is 3.37. The van der Waals surface area contributed by atoms with E-state index in [0.29, 0.717) is 5.70 Å². The van der Waals surface area contributed by atoms with Gasteiger partial charge in [-0.25, -0.2) is 0 Å². The number of nitrogens with zero attached hydrogens (tertiary/aromatic N) is 2. The zero-order chi connectivity index (χ0) is 11.6. The number of rotatable bonds is 2. The molecule has 0 unspecified atom stereocenters. The summed E-state index contributed by atoms with van der Waals surface area (Å²) in [6.07, 6.45) is 5.78. The van der Waals surface area contributed by atoms with Crippen molar-refractivity contribution in [2.75, 3.05) is 0 Å². The van der Waals surface area contributed by atoms with Crippen molar-refractivity contribution in [1.82, 2.24) is 9.78 Å². The number of nitrogens with two attached hydrogens (primary N) is 1. The Morgan fingerprint density at radius 1 is 1.53 bits per heavy atom. The van der Waals surface area contributed by atoms with E-state index in [4.69, 9.17) is 5.73 Å². The first-order valence-electron chi connectivity index (χ1n) is 5.04. The van der Waals surface area contributed by atoms with Crippen LogP contribution in [-0.4, -0.2) is 9.78 Å². The quantitative estimate of drug-likeness (QED) is 0.806. The van der Waals surface area contributed by atoms with Crippen LogP contribution in [0.15, 0.2) is 18.9 Å². The van der Waals surface area contributed by atoms with Crippen molar-refractivity contribution in [2.24, 2.45) is 5.73 Å². The fourth-order valence-corrected chi connectivity index (χ4v) is 1.49. The molecule has 0 aromatic carbocycles. The third kappa shape index (κ3) is 2.29. The van der Waals surface area contributed by atoms with Gasteiger partial charge in [-0.3, -0.25) is 4.68 Å². The van der Waals surface area contributed by atoms with Crippen molar-refractivity contribution >= 4 is 11.8 Å². The Hall–Kier alpha value is -1.51. The van der Waals surface area contributed by atoms with Gasteiger partial charge >= 0.3 is 0 Å². The van der Waals surface area contributed by atoms with Crippen molar-refractivity contribution in [2.45, 2.75) is 33.2 Å². The summed E-state index contributed by atoms with van der Waals surface area (Å²) in [5, 5.41) is 4.35. The molecule has 1 aromatic rings. The molecule has 0 fully saturated rings. The standard InChI is InChI=1S/C12H19N3/c1-6-7-10-8-14-15(12(3,4)5)11(10)9(2)13/h6-8H,2,13H2,1,3-5H3/b7-6-. The molecule has 0 atom stereocenters. The summed E-state index contributed by atoms with van der Waals surface area (Å²) in [5.74, 6) is 0. The SMILES string of the molecule is C=C(N)c1c(/C=C\C)cnn1C(C)(C)C. The van der Waals surface area contributed by atoms with Gasteiger partial charge in [0.15, 0.2) is 0 Å². The van der Waals surface area contributed by atoms with Crippen LogP contribution in [0.4, 0.5) is 0 Å². The maximum absolute atomic E-state index is 5.80. The average molecular weight is 205 g/mol. The minimum atomic E-state index is -0.0858. The summed E-state index contributed by atoms with van der Waals surface area (Å²) < 4.78 is 1.91. The fourth-order valence-electron chi connectivity index (χ4n) is 1.49. The molecule has 0 aliphatic carbocycles. The highest BCUT2D eigenvalue weighted by Crippen LogP contribution is 2.23. The second-order valence-corrected chi connectivity index (χ2v) is 4.56. The Kier molecular flexibility index (Phi) is 3.03. The molecule has 1 rings (SSSR count). The first-order valence-corrected chi connectivity index (χ1v) is 5.04. The van der Waals surface area contributed by atoms with E-state index in [-0.39, 0.29) is 5.54 Å². The molecular weight excluding hydrogens is 186 g/mol. The van der Waals surface area contributed by atoms with Gasteiger partial charge in [0.1, 0.15) is 0 Å². The van der Waals surface area contributed by atoms with Crippen LogP contribution in [0.1, 0.15) is 39.0 Å². The van der Waals surface area contributed by atoms with Gasteiger partial charge in [0.2, 0.25) is 0 Å². The second-order valence-electron chi connectivity index (χ2n) is 4.56. The van der Waals surface area contributed by atoms with Gasteiger partial charge in [-0.05, 0) is 27.7 Å². The molecule has 3 nitrogen and oxygen atoms in total. The Labute approximate surface area is 91.3 Å². The van der Waals surface area contributed by atoms with Gasteiger partial charge in [0.05, 0.1) is 23.1 Å². The average Bonchev–Trinajstić information content (AvgIpc) is 2.47. The molecule has 0 amide bonds. The van der Waals surface area contributed by atoms with Gasteiger partial charge in [-0.2, -0.15) is 5.10 Å². The third-order valence-electron chi connectivity index (χ3n) is 2.08. The van der Waals surface area contributed by atoms with E-state index in [1.807, 2.05) is 30.0 Å².